The average Bonchev–Trinajstić information content (AvgIpc) is 2.81. The Hall–Kier alpha value is -1.95. The summed E-state index contributed by atoms with van der Waals surface area (Å²) in [6.45, 7) is 1.83. The lowest BCUT2D eigenvalue weighted by molar-refractivity contribution is -0.153. The summed E-state index contributed by atoms with van der Waals surface area (Å²) in [4.78, 5) is 25.7. The molecule has 1 aliphatic rings. The Kier molecular flexibility index (Phi) is 4.51. The first-order valence-electron chi connectivity index (χ1n) is 7.17. The van der Waals surface area contributed by atoms with Gasteiger partial charge in [0.25, 0.3) is 0 Å². The molecule has 120 valence electrons. The van der Waals surface area contributed by atoms with Gasteiger partial charge in [-0.1, -0.05) is 19.1 Å². The van der Waals surface area contributed by atoms with Crippen LogP contribution in [0.25, 0.3) is 0 Å². The maximum atomic E-state index is 13.1. The van der Waals surface area contributed by atoms with Crippen LogP contribution in [0.3, 0.4) is 0 Å². The van der Waals surface area contributed by atoms with Crippen molar-refractivity contribution in [3.05, 3.63) is 35.6 Å². The average molecular weight is 309 g/mol. The molecule has 1 aromatic carbocycles. The maximum Gasteiger partial charge on any atom is 0.326 e. The van der Waals surface area contributed by atoms with E-state index in [0.717, 1.165) is 0 Å². The van der Waals surface area contributed by atoms with Gasteiger partial charge in [-0.3, -0.25) is 14.5 Å². The van der Waals surface area contributed by atoms with Crippen LogP contribution in [0.5, 0.6) is 0 Å². The third kappa shape index (κ3) is 2.47. The van der Waals surface area contributed by atoms with Gasteiger partial charge in [0.05, 0.1) is 13.0 Å². The lowest BCUT2D eigenvalue weighted by atomic mass is 9.87. The number of aliphatic carboxylic acids is 1. The van der Waals surface area contributed by atoms with Crippen molar-refractivity contribution < 1.29 is 23.8 Å². The Balaban J connectivity index is 2.49. The first kappa shape index (κ1) is 16.4. The number of carbonyl (C=O) groups is 2. The summed E-state index contributed by atoms with van der Waals surface area (Å²) in [5, 5.41) is 9.55. The highest BCUT2D eigenvalue weighted by molar-refractivity contribution is 5.84. The molecule has 0 unspecified atom stereocenters. The van der Waals surface area contributed by atoms with E-state index in [0.29, 0.717) is 12.0 Å². The van der Waals surface area contributed by atoms with Gasteiger partial charge in [-0.2, -0.15) is 0 Å². The smallest absolute Gasteiger partial charge is 0.326 e. The Morgan fingerprint density at radius 2 is 2.00 bits per heavy atom. The van der Waals surface area contributed by atoms with Crippen LogP contribution in [-0.2, 0) is 14.3 Å². The molecule has 2 rings (SSSR count). The summed E-state index contributed by atoms with van der Waals surface area (Å²) >= 11 is 0. The fraction of sp³-hybridized carbons (Fsp3) is 0.500. The highest BCUT2D eigenvalue weighted by atomic mass is 19.1. The Labute approximate surface area is 128 Å². The summed E-state index contributed by atoms with van der Waals surface area (Å²) in [6, 6.07) is 5.22. The predicted molar refractivity (Wildman–Crippen MR) is 77.7 cm³/mol. The minimum atomic E-state index is -0.975. The van der Waals surface area contributed by atoms with E-state index >= 15 is 0 Å². The molecule has 1 N–H and O–H groups in total. The van der Waals surface area contributed by atoms with Crippen LogP contribution in [0.4, 0.5) is 4.39 Å². The molecule has 0 aliphatic carbocycles. The second-order valence-electron chi connectivity index (χ2n) is 5.63. The summed E-state index contributed by atoms with van der Waals surface area (Å²) in [5.74, 6) is -2.55. The fourth-order valence-electron chi connectivity index (χ4n) is 3.45. The van der Waals surface area contributed by atoms with Crippen LogP contribution < -0.4 is 0 Å². The molecule has 3 atom stereocenters. The summed E-state index contributed by atoms with van der Waals surface area (Å²) in [6.07, 6.45) is 0.613. The number of nitrogens with zero attached hydrogens (tertiary/aromatic N) is 1. The normalized spacial score (nSPS) is 28.5. The molecular weight excluding hydrogens is 289 g/mol. The van der Waals surface area contributed by atoms with E-state index in [4.69, 9.17) is 4.74 Å². The molecule has 1 fully saturated rings. The number of rotatable bonds is 4. The van der Waals surface area contributed by atoms with Crippen LogP contribution in [0.1, 0.15) is 31.4 Å². The number of hydrogen-bond donors (Lipinski definition) is 1. The number of benzene rings is 1. The van der Waals surface area contributed by atoms with Gasteiger partial charge in [-0.05, 0) is 37.6 Å². The molecule has 1 heterocycles. The number of methoxy groups -OCH3 is 1. The van der Waals surface area contributed by atoms with Gasteiger partial charge in [0.15, 0.2) is 0 Å². The predicted octanol–water partition coefficient (Wildman–Crippen LogP) is 2.22. The van der Waals surface area contributed by atoms with Crippen molar-refractivity contribution in [1.82, 2.24) is 4.90 Å². The van der Waals surface area contributed by atoms with Crippen molar-refractivity contribution in [2.45, 2.75) is 31.3 Å². The van der Waals surface area contributed by atoms with Gasteiger partial charge >= 0.3 is 11.9 Å². The molecule has 6 heteroatoms. The quantitative estimate of drug-likeness (QED) is 0.864. The van der Waals surface area contributed by atoms with Crippen LogP contribution >= 0.6 is 0 Å². The topological polar surface area (TPSA) is 66.8 Å². The lowest BCUT2D eigenvalue weighted by Gasteiger charge is -2.35. The first-order valence-corrected chi connectivity index (χ1v) is 7.17. The summed E-state index contributed by atoms with van der Waals surface area (Å²) in [5.41, 5.74) is -0.299. The van der Waals surface area contributed by atoms with Gasteiger partial charge in [-0.15, -0.1) is 0 Å². The van der Waals surface area contributed by atoms with Crippen molar-refractivity contribution >= 4 is 11.9 Å². The number of carbonyl (C=O) groups excluding carboxylic acids is 1. The molecule has 1 saturated heterocycles. The molecule has 0 radical (unpaired) electrons. The highest BCUT2D eigenvalue weighted by Gasteiger charge is 2.56. The van der Waals surface area contributed by atoms with E-state index in [1.807, 2.05) is 6.92 Å². The zero-order chi connectivity index (χ0) is 16.5. The summed E-state index contributed by atoms with van der Waals surface area (Å²) in [7, 11) is 3.02. The Bertz CT molecular complexity index is 574. The lowest BCUT2D eigenvalue weighted by Crippen LogP contribution is -2.49. The molecule has 0 spiro atoms. The second kappa shape index (κ2) is 6.04. The fourth-order valence-corrected chi connectivity index (χ4v) is 3.45. The Morgan fingerprint density at radius 1 is 1.41 bits per heavy atom. The Morgan fingerprint density at radius 3 is 2.45 bits per heavy atom. The number of halogens is 1. The standard InChI is InChI=1S/C16H20FNO4/c1-4-16(15(21)22-3)9-12(14(19)20)13(18(16)2)10-5-7-11(17)8-6-10/h5-8,12-13H,4,9H2,1-3H3,(H,19,20)/t12-,13-,16-/m0/s1. The van der Waals surface area contributed by atoms with Crippen LogP contribution in [0.2, 0.25) is 0 Å². The van der Waals surface area contributed by atoms with Gasteiger partial charge in [-0.25, -0.2) is 4.39 Å². The van der Waals surface area contributed by atoms with Crippen LogP contribution in [0.15, 0.2) is 24.3 Å². The van der Waals surface area contributed by atoms with Gasteiger partial charge < -0.3 is 9.84 Å². The van der Waals surface area contributed by atoms with E-state index < -0.39 is 29.4 Å². The van der Waals surface area contributed by atoms with Crippen molar-refractivity contribution in [3.8, 4) is 0 Å². The van der Waals surface area contributed by atoms with E-state index in [1.54, 1.807) is 24.1 Å². The molecule has 0 aromatic heterocycles. The number of carboxylic acid groups (broad SMARTS) is 1. The molecule has 1 aliphatic heterocycles. The van der Waals surface area contributed by atoms with Gasteiger partial charge in [0, 0.05) is 6.04 Å². The SMILES string of the molecule is CC[C@@]1(C(=O)OC)C[C@H](C(=O)O)[C@H](c2ccc(F)cc2)N1C. The molecule has 0 saturated carbocycles. The van der Waals surface area contributed by atoms with E-state index in [9.17, 15) is 19.1 Å². The van der Waals surface area contributed by atoms with Crippen molar-refractivity contribution in [2.75, 3.05) is 14.2 Å². The number of likely N-dealkylation sites (N-methyl/N-ethyl adjacent to an activating group) is 1. The van der Waals surface area contributed by atoms with Crippen molar-refractivity contribution in [3.63, 3.8) is 0 Å². The minimum absolute atomic E-state index is 0.171. The zero-order valence-corrected chi connectivity index (χ0v) is 12.9. The highest BCUT2D eigenvalue weighted by Crippen LogP contribution is 2.47. The van der Waals surface area contributed by atoms with E-state index in [-0.39, 0.29) is 12.2 Å². The zero-order valence-electron chi connectivity index (χ0n) is 12.9. The maximum absolute atomic E-state index is 13.1. The number of esters is 1. The number of ether oxygens (including phenoxy) is 1. The van der Waals surface area contributed by atoms with Gasteiger partial charge in [0.1, 0.15) is 11.4 Å². The minimum Gasteiger partial charge on any atom is -0.481 e. The monoisotopic (exact) mass is 309 g/mol. The van der Waals surface area contributed by atoms with E-state index in [2.05, 4.69) is 0 Å². The molecule has 22 heavy (non-hydrogen) atoms. The largest absolute Gasteiger partial charge is 0.481 e. The third-order valence-electron chi connectivity index (χ3n) is 4.71. The molecule has 5 nitrogen and oxygen atoms in total. The second-order valence-corrected chi connectivity index (χ2v) is 5.63. The number of likely N-dealkylation sites (tertiary alicyclic amines) is 1. The number of carboxylic acids is 1. The first-order chi connectivity index (χ1) is 10.4. The molecule has 1 aromatic rings. The third-order valence-corrected chi connectivity index (χ3v) is 4.71. The van der Waals surface area contributed by atoms with Crippen molar-refractivity contribution in [2.24, 2.45) is 5.92 Å². The molecular formula is C16H20FNO4. The molecule has 0 bridgehead atoms. The van der Waals surface area contributed by atoms with E-state index in [1.165, 1.54) is 19.2 Å². The van der Waals surface area contributed by atoms with Crippen molar-refractivity contribution in [1.29, 1.82) is 0 Å². The van der Waals surface area contributed by atoms with Gasteiger partial charge in [0.2, 0.25) is 0 Å². The number of hydrogen-bond acceptors (Lipinski definition) is 4. The molecule has 0 amide bonds. The van der Waals surface area contributed by atoms with Crippen LogP contribution in [-0.4, -0.2) is 41.6 Å². The van der Waals surface area contributed by atoms with Crippen LogP contribution in [0, 0.1) is 11.7 Å². The summed E-state index contributed by atoms with van der Waals surface area (Å²) < 4.78 is 18.0.